The van der Waals surface area contributed by atoms with E-state index in [1.807, 2.05) is 36.4 Å². The van der Waals surface area contributed by atoms with E-state index < -0.39 is 0 Å². The zero-order valence-corrected chi connectivity index (χ0v) is 12.5. The van der Waals surface area contributed by atoms with Crippen LogP contribution in [0.25, 0.3) is 0 Å². The van der Waals surface area contributed by atoms with Crippen molar-refractivity contribution in [2.45, 2.75) is 26.2 Å². The van der Waals surface area contributed by atoms with Crippen molar-refractivity contribution in [3.63, 3.8) is 0 Å². The summed E-state index contributed by atoms with van der Waals surface area (Å²) in [6, 6.07) is 15.8. The van der Waals surface area contributed by atoms with Gasteiger partial charge in [-0.25, -0.2) is 0 Å². The molecule has 0 saturated carbocycles. The third-order valence-electron chi connectivity index (χ3n) is 3.15. The second kappa shape index (κ2) is 8.20. The molecule has 0 saturated heterocycles. The summed E-state index contributed by atoms with van der Waals surface area (Å²) < 4.78 is 11.3. The molecule has 2 N–H and O–H groups in total. The first-order valence-electron chi connectivity index (χ1n) is 7.48. The molecular weight excluding hydrogens is 262 g/mol. The number of hydrogen-bond donors (Lipinski definition) is 1. The van der Waals surface area contributed by atoms with Gasteiger partial charge in [0, 0.05) is 18.2 Å². The Kier molecular flexibility index (Phi) is 5.95. The third-order valence-corrected chi connectivity index (χ3v) is 3.15. The molecule has 0 unspecified atom stereocenters. The lowest BCUT2D eigenvalue weighted by molar-refractivity contribution is 0.247. The SMILES string of the molecule is CCCc1ccc(OCCCOc2cccc(N)c2)cc1. The van der Waals surface area contributed by atoms with Gasteiger partial charge in [-0.1, -0.05) is 31.5 Å². The number of hydrogen-bond acceptors (Lipinski definition) is 3. The molecule has 0 heterocycles. The van der Waals surface area contributed by atoms with Crippen LogP contribution in [0.1, 0.15) is 25.3 Å². The summed E-state index contributed by atoms with van der Waals surface area (Å²) in [5.74, 6) is 1.72. The minimum Gasteiger partial charge on any atom is -0.493 e. The van der Waals surface area contributed by atoms with E-state index in [-0.39, 0.29) is 0 Å². The first-order valence-corrected chi connectivity index (χ1v) is 7.48. The standard InChI is InChI=1S/C18H23NO2/c1-2-5-15-8-10-17(11-9-15)20-12-4-13-21-18-7-3-6-16(19)14-18/h3,6-11,14H,2,4-5,12-13,19H2,1H3. The van der Waals surface area contributed by atoms with E-state index in [4.69, 9.17) is 15.2 Å². The van der Waals surface area contributed by atoms with E-state index in [1.54, 1.807) is 0 Å². The van der Waals surface area contributed by atoms with E-state index in [1.165, 1.54) is 12.0 Å². The van der Waals surface area contributed by atoms with Crippen molar-refractivity contribution in [2.75, 3.05) is 18.9 Å². The maximum atomic E-state index is 5.70. The van der Waals surface area contributed by atoms with Gasteiger partial charge in [0.1, 0.15) is 11.5 Å². The maximum Gasteiger partial charge on any atom is 0.121 e. The summed E-state index contributed by atoms with van der Waals surface area (Å²) >= 11 is 0. The van der Waals surface area contributed by atoms with E-state index in [9.17, 15) is 0 Å². The number of nitrogen functional groups attached to an aromatic ring is 1. The van der Waals surface area contributed by atoms with Crippen LogP contribution in [0.4, 0.5) is 5.69 Å². The average Bonchev–Trinajstić information content (AvgIpc) is 2.49. The van der Waals surface area contributed by atoms with Crippen molar-refractivity contribution in [1.29, 1.82) is 0 Å². The van der Waals surface area contributed by atoms with Crippen molar-refractivity contribution in [3.8, 4) is 11.5 Å². The van der Waals surface area contributed by atoms with Gasteiger partial charge in [0.05, 0.1) is 13.2 Å². The van der Waals surface area contributed by atoms with Crippen molar-refractivity contribution in [1.82, 2.24) is 0 Å². The molecule has 2 rings (SSSR count). The van der Waals surface area contributed by atoms with E-state index >= 15 is 0 Å². The molecule has 0 fully saturated rings. The molecule has 0 aliphatic rings. The Bertz CT molecular complexity index is 537. The van der Waals surface area contributed by atoms with Crippen LogP contribution < -0.4 is 15.2 Å². The molecule has 0 amide bonds. The number of benzene rings is 2. The lowest BCUT2D eigenvalue weighted by Gasteiger charge is -2.09. The molecule has 21 heavy (non-hydrogen) atoms. The number of ether oxygens (including phenoxy) is 2. The molecule has 0 bridgehead atoms. The zero-order valence-electron chi connectivity index (χ0n) is 12.5. The zero-order chi connectivity index (χ0) is 14.9. The van der Waals surface area contributed by atoms with Gasteiger partial charge in [0.25, 0.3) is 0 Å². The highest BCUT2D eigenvalue weighted by Gasteiger charge is 1.97. The van der Waals surface area contributed by atoms with Gasteiger partial charge >= 0.3 is 0 Å². The van der Waals surface area contributed by atoms with Crippen molar-refractivity contribution in [3.05, 3.63) is 54.1 Å². The van der Waals surface area contributed by atoms with Gasteiger partial charge in [-0.05, 0) is 36.2 Å². The highest BCUT2D eigenvalue weighted by Crippen LogP contribution is 2.15. The summed E-state index contributed by atoms with van der Waals surface area (Å²) in [6.07, 6.45) is 3.13. The van der Waals surface area contributed by atoms with Gasteiger partial charge in [-0.15, -0.1) is 0 Å². The van der Waals surface area contributed by atoms with Crippen molar-refractivity contribution < 1.29 is 9.47 Å². The Morgan fingerprint density at radius 3 is 2.29 bits per heavy atom. The number of nitrogens with two attached hydrogens (primary N) is 1. The van der Waals surface area contributed by atoms with Gasteiger partial charge < -0.3 is 15.2 Å². The fourth-order valence-corrected chi connectivity index (χ4v) is 2.08. The second-order valence-corrected chi connectivity index (χ2v) is 5.02. The fourth-order valence-electron chi connectivity index (χ4n) is 2.08. The minimum absolute atomic E-state index is 0.622. The Balaban J connectivity index is 1.65. The Labute approximate surface area is 126 Å². The van der Waals surface area contributed by atoms with Crippen LogP contribution in [0.15, 0.2) is 48.5 Å². The third kappa shape index (κ3) is 5.38. The molecule has 0 spiro atoms. The molecule has 3 nitrogen and oxygen atoms in total. The molecule has 0 aliphatic carbocycles. The fraction of sp³-hybridized carbons (Fsp3) is 0.333. The summed E-state index contributed by atoms with van der Waals surface area (Å²) in [5.41, 5.74) is 7.77. The van der Waals surface area contributed by atoms with Crippen LogP contribution in [0.5, 0.6) is 11.5 Å². The molecule has 112 valence electrons. The minimum atomic E-state index is 0.622. The summed E-state index contributed by atoms with van der Waals surface area (Å²) in [5, 5.41) is 0. The first kappa shape index (κ1) is 15.2. The summed E-state index contributed by atoms with van der Waals surface area (Å²) in [7, 11) is 0. The van der Waals surface area contributed by atoms with E-state index in [2.05, 4.69) is 19.1 Å². The number of anilines is 1. The number of aryl methyl sites for hydroxylation is 1. The highest BCUT2D eigenvalue weighted by atomic mass is 16.5. The smallest absolute Gasteiger partial charge is 0.121 e. The Hall–Kier alpha value is -2.16. The van der Waals surface area contributed by atoms with Crippen molar-refractivity contribution >= 4 is 5.69 Å². The predicted molar refractivity (Wildman–Crippen MR) is 86.9 cm³/mol. The van der Waals surface area contributed by atoms with Crippen LogP contribution >= 0.6 is 0 Å². The van der Waals surface area contributed by atoms with Crippen LogP contribution in [-0.2, 0) is 6.42 Å². The van der Waals surface area contributed by atoms with Crippen LogP contribution in [0.2, 0.25) is 0 Å². The molecule has 0 radical (unpaired) electrons. The lowest BCUT2D eigenvalue weighted by atomic mass is 10.1. The largest absolute Gasteiger partial charge is 0.493 e. The first-order chi connectivity index (χ1) is 10.3. The molecular formula is C18H23NO2. The molecule has 0 aromatic heterocycles. The molecule has 2 aromatic carbocycles. The Morgan fingerprint density at radius 2 is 1.62 bits per heavy atom. The van der Waals surface area contributed by atoms with Gasteiger partial charge in [0.2, 0.25) is 0 Å². The molecule has 0 atom stereocenters. The summed E-state index contributed by atoms with van der Waals surface area (Å²) in [4.78, 5) is 0. The second-order valence-electron chi connectivity index (χ2n) is 5.02. The molecule has 2 aromatic rings. The van der Waals surface area contributed by atoms with E-state index in [0.717, 1.165) is 30.0 Å². The van der Waals surface area contributed by atoms with Crippen LogP contribution in [-0.4, -0.2) is 13.2 Å². The average molecular weight is 285 g/mol. The normalized spacial score (nSPS) is 10.3. The van der Waals surface area contributed by atoms with Crippen LogP contribution in [0.3, 0.4) is 0 Å². The maximum absolute atomic E-state index is 5.70. The quantitative estimate of drug-likeness (QED) is 0.587. The van der Waals surface area contributed by atoms with E-state index in [0.29, 0.717) is 13.2 Å². The highest BCUT2D eigenvalue weighted by molar-refractivity contribution is 5.43. The Morgan fingerprint density at radius 1 is 0.905 bits per heavy atom. The van der Waals surface area contributed by atoms with Crippen molar-refractivity contribution in [2.24, 2.45) is 0 Å². The van der Waals surface area contributed by atoms with Gasteiger partial charge in [-0.2, -0.15) is 0 Å². The molecule has 3 heteroatoms. The molecule has 0 aliphatic heterocycles. The van der Waals surface area contributed by atoms with Crippen LogP contribution in [0, 0.1) is 0 Å². The topological polar surface area (TPSA) is 44.5 Å². The monoisotopic (exact) mass is 285 g/mol. The van der Waals surface area contributed by atoms with Gasteiger partial charge in [-0.3, -0.25) is 0 Å². The predicted octanol–water partition coefficient (Wildman–Crippen LogP) is 4.07. The summed E-state index contributed by atoms with van der Waals surface area (Å²) in [6.45, 7) is 3.46. The lowest BCUT2D eigenvalue weighted by Crippen LogP contribution is -2.05. The number of rotatable bonds is 8. The van der Waals surface area contributed by atoms with Gasteiger partial charge in [0.15, 0.2) is 0 Å².